The molecule has 3 heterocycles. The van der Waals surface area contributed by atoms with Crippen LogP contribution in [0.15, 0.2) is 36.8 Å². The van der Waals surface area contributed by atoms with Gasteiger partial charge in [0.05, 0.1) is 19.0 Å². The van der Waals surface area contributed by atoms with E-state index >= 15 is 0 Å². The van der Waals surface area contributed by atoms with Gasteiger partial charge in [-0.1, -0.05) is 0 Å². The monoisotopic (exact) mass is 226 g/mol. The second kappa shape index (κ2) is 3.86. The van der Waals surface area contributed by atoms with Gasteiger partial charge < -0.3 is 9.72 Å². The highest BCUT2D eigenvalue weighted by molar-refractivity contribution is 5.74. The standard InChI is InChI=1S/C12H10N4O/c1-17-11-6-8(2-4-13-11)10-7-15-12-9(16-10)3-5-14-12/h2-7H,1H3,(H,14,15). The number of nitrogens with zero attached hydrogens (tertiary/aromatic N) is 3. The molecule has 0 saturated carbocycles. The number of rotatable bonds is 2. The maximum Gasteiger partial charge on any atom is 0.213 e. The first-order valence-corrected chi connectivity index (χ1v) is 5.17. The average Bonchev–Trinajstić information content (AvgIpc) is 2.86. The van der Waals surface area contributed by atoms with Crippen LogP contribution in [-0.4, -0.2) is 27.0 Å². The van der Waals surface area contributed by atoms with Crippen molar-refractivity contribution in [1.82, 2.24) is 19.9 Å². The molecule has 0 unspecified atom stereocenters. The lowest BCUT2D eigenvalue weighted by Crippen LogP contribution is -1.90. The third kappa shape index (κ3) is 1.71. The molecule has 5 nitrogen and oxygen atoms in total. The largest absolute Gasteiger partial charge is 0.481 e. The normalized spacial score (nSPS) is 10.6. The smallest absolute Gasteiger partial charge is 0.213 e. The van der Waals surface area contributed by atoms with Crippen molar-refractivity contribution in [3.05, 3.63) is 36.8 Å². The van der Waals surface area contributed by atoms with E-state index in [1.54, 1.807) is 19.5 Å². The maximum absolute atomic E-state index is 5.08. The first kappa shape index (κ1) is 9.77. The van der Waals surface area contributed by atoms with Crippen LogP contribution in [0.2, 0.25) is 0 Å². The van der Waals surface area contributed by atoms with Gasteiger partial charge in [0.15, 0.2) is 5.65 Å². The van der Waals surface area contributed by atoms with E-state index in [0.29, 0.717) is 5.88 Å². The Bertz CT molecular complexity index is 662. The molecule has 3 aromatic heterocycles. The third-order valence-electron chi connectivity index (χ3n) is 2.50. The SMILES string of the molecule is COc1cc(-c2cnc3[nH]ccc3n2)ccn1. The Balaban J connectivity index is 2.12. The van der Waals surface area contributed by atoms with E-state index in [9.17, 15) is 0 Å². The van der Waals surface area contributed by atoms with Crippen molar-refractivity contribution in [2.75, 3.05) is 7.11 Å². The first-order valence-electron chi connectivity index (χ1n) is 5.17. The summed E-state index contributed by atoms with van der Waals surface area (Å²) in [5, 5.41) is 0. The van der Waals surface area contributed by atoms with E-state index in [4.69, 9.17) is 4.74 Å². The minimum absolute atomic E-state index is 0.568. The Morgan fingerprint density at radius 1 is 1.24 bits per heavy atom. The van der Waals surface area contributed by atoms with Crippen LogP contribution in [0, 0.1) is 0 Å². The number of hydrogen-bond acceptors (Lipinski definition) is 4. The predicted molar refractivity (Wildman–Crippen MR) is 63.7 cm³/mol. The van der Waals surface area contributed by atoms with Crippen LogP contribution in [0.1, 0.15) is 0 Å². The lowest BCUT2D eigenvalue weighted by atomic mass is 10.2. The van der Waals surface area contributed by atoms with Gasteiger partial charge in [-0.05, 0) is 12.1 Å². The number of methoxy groups -OCH3 is 1. The summed E-state index contributed by atoms with van der Waals surface area (Å²) in [6, 6.07) is 5.61. The summed E-state index contributed by atoms with van der Waals surface area (Å²) in [5.74, 6) is 0.568. The van der Waals surface area contributed by atoms with Crippen LogP contribution in [-0.2, 0) is 0 Å². The Kier molecular flexibility index (Phi) is 2.22. The van der Waals surface area contributed by atoms with Crippen molar-refractivity contribution < 1.29 is 4.74 Å². The summed E-state index contributed by atoms with van der Waals surface area (Å²) < 4.78 is 5.08. The number of ether oxygens (including phenoxy) is 1. The summed E-state index contributed by atoms with van der Waals surface area (Å²) in [4.78, 5) is 15.9. The van der Waals surface area contributed by atoms with E-state index in [1.165, 1.54) is 0 Å². The molecule has 0 radical (unpaired) electrons. The zero-order valence-electron chi connectivity index (χ0n) is 9.21. The van der Waals surface area contributed by atoms with Crippen LogP contribution in [0.3, 0.4) is 0 Å². The molecular weight excluding hydrogens is 216 g/mol. The highest BCUT2D eigenvalue weighted by atomic mass is 16.5. The number of nitrogens with one attached hydrogen (secondary N) is 1. The van der Waals surface area contributed by atoms with E-state index in [2.05, 4.69) is 19.9 Å². The molecule has 3 rings (SSSR count). The fourth-order valence-electron chi connectivity index (χ4n) is 1.65. The molecule has 5 heteroatoms. The van der Waals surface area contributed by atoms with E-state index in [1.807, 2.05) is 24.4 Å². The summed E-state index contributed by atoms with van der Waals surface area (Å²) in [5.41, 5.74) is 3.37. The van der Waals surface area contributed by atoms with E-state index in [0.717, 1.165) is 22.4 Å². The quantitative estimate of drug-likeness (QED) is 0.726. The van der Waals surface area contributed by atoms with Crippen molar-refractivity contribution in [1.29, 1.82) is 0 Å². The summed E-state index contributed by atoms with van der Waals surface area (Å²) in [6.07, 6.45) is 5.24. The van der Waals surface area contributed by atoms with Gasteiger partial charge in [-0.3, -0.25) is 0 Å². The highest BCUT2D eigenvalue weighted by Gasteiger charge is 2.04. The molecule has 3 aromatic rings. The van der Waals surface area contributed by atoms with Gasteiger partial charge in [0.2, 0.25) is 5.88 Å². The lowest BCUT2D eigenvalue weighted by molar-refractivity contribution is 0.398. The first-order chi connectivity index (χ1) is 8.36. The van der Waals surface area contributed by atoms with Gasteiger partial charge in [-0.2, -0.15) is 0 Å². The molecule has 0 fully saturated rings. The van der Waals surface area contributed by atoms with Gasteiger partial charge in [0, 0.05) is 24.0 Å². The third-order valence-corrected chi connectivity index (χ3v) is 2.50. The fourth-order valence-corrected chi connectivity index (χ4v) is 1.65. The van der Waals surface area contributed by atoms with Gasteiger partial charge in [-0.15, -0.1) is 0 Å². The van der Waals surface area contributed by atoms with Crippen molar-refractivity contribution in [2.24, 2.45) is 0 Å². The number of aromatic nitrogens is 4. The van der Waals surface area contributed by atoms with Gasteiger partial charge >= 0.3 is 0 Å². The van der Waals surface area contributed by atoms with Crippen LogP contribution in [0.4, 0.5) is 0 Å². The summed E-state index contributed by atoms with van der Waals surface area (Å²) in [6.45, 7) is 0. The minimum Gasteiger partial charge on any atom is -0.481 e. The molecule has 0 aliphatic heterocycles. The Morgan fingerprint density at radius 3 is 3.06 bits per heavy atom. The van der Waals surface area contributed by atoms with Crippen molar-refractivity contribution >= 4 is 11.2 Å². The summed E-state index contributed by atoms with van der Waals surface area (Å²) in [7, 11) is 1.59. The van der Waals surface area contributed by atoms with Gasteiger partial charge in [-0.25, -0.2) is 15.0 Å². The zero-order valence-corrected chi connectivity index (χ0v) is 9.21. The number of pyridine rings is 1. The Morgan fingerprint density at radius 2 is 2.18 bits per heavy atom. The molecule has 0 aliphatic rings. The lowest BCUT2D eigenvalue weighted by Gasteiger charge is -2.02. The molecule has 1 N–H and O–H groups in total. The van der Waals surface area contributed by atoms with Gasteiger partial charge in [0.1, 0.15) is 5.52 Å². The van der Waals surface area contributed by atoms with Crippen LogP contribution in [0.25, 0.3) is 22.4 Å². The molecule has 0 atom stereocenters. The average molecular weight is 226 g/mol. The molecule has 0 aliphatic carbocycles. The number of fused-ring (bicyclic) bond motifs is 1. The van der Waals surface area contributed by atoms with Crippen molar-refractivity contribution in [3.63, 3.8) is 0 Å². The highest BCUT2D eigenvalue weighted by Crippen LogP contribution is 2.21. The van der Waals surface area contributed by atoms with Crippen molar-refractivity contribution in [3.8, 4) is 17.1 Å². The number of H-pyrrole nitrogens is 1. The summed E-state index contributed by atoms with van der Waals surface area (Å²) >= 11 is 0. The molecule has 17 heavy (non-hydrogen) atoms. The minimum atomic E-state index is 0.568. The zero-order chi connectivity index (χ0) is 11.7. The Hall–Kier alpha value is -2.43. The second-order valence-corrected chi connectivity index (χ2v) is 3.55. The fraction of sp³-hybridized carbons (Fsp3) is 0.0833. The van der Waals surface area contributed by atoms with E-state index < -0.39 is 0 Å². The number of hydrogen-bond donors (Lipinski definition) is 1. The molecule has 84 valence electrons. The molecule has 0 aromatic carbocycles. The molecular formula is C12H10N4O. The van der Waals surface area contributed by atoms with Crippen molar-refractivity contribution in [2.45, 2.75) is 0 Å². The molecule has 0 spiro atoms. The van der Waals surface area contributed by atoms with E-state index in [-0.39, 0.29) is 0 Å². The van der Waals surface area contributed by atoms with Crippen LogP contribution >= 0.6 is 0 Å². The predicted octanol–water partition coefficient (Wildman–Crippen LogP) is 2.03. The second-order valence-electron chi connectivity index (χ2n) is 3.55. The van der Waals surface area contributed by atoms with Crippen LogP contribution < -0.4 is 4.74 Å². The number of aromatic amines is 1. The van der Waals surface area contributed by atoms with Gasteiger partial charge in [0.25, 0.3) is 0 Å². The Labute approximate surface area is 97.5 Å². The molecule has 0 saturated heterocycles. The molecule has 0 amide bonds. The molecule has 0 bridgehead atoms. The maximum atomic E-state index is 5.08. The topological polar surface area (TPSA) is 63.7 Å². The van der Waals surface area contributed by atoms with Crippen LogP contribution in [0.5, 0.6) is 5.88 Å².